The number of aromatic nitrogens is 6. The molecule has 2 aromatic heterocycles. The standard InChI is InChI=1S/C24H29ClF2N6O4/c1-11(2)14-7-17(14)32-8-12(28-30-32)6-18-24(36-3)22(23(35)19(10-34)37-18)33-9-16(29-31-33)13-4-5-15(25)21(27)20(13)26/h4-5,8-9,11,14,17-19,22-24,34-35H,6-7,10H2,1-3H3/t14?,17?,18-,19-,22+,23+,24+/m1/s1. The number of hydrogen-bond acceptors (Lipinski definition) is 8. The van der Waals surface area contributed by atoms with E-state index in [1.165, 1.54) is 30.1 Å². The molecule has 1 aliphatic carbocycles. The van der Waals surface area contributed by atoms with Crippen LogP contribution in [0.2, 0.25) is 5.02 Å². The Morgan fingerprint density at radius 1 is 1.14 bits per heavy atom. The fourth-order valence-corrected chi connectivity index (χ4v) is 5.34. The highest BCUT2D eigenvalue weighted by atomic mass is 35.5. The quantitative estimate of drug-likeness (QED) is 0.420. The fourth-order valence-electron chi connectivity index (χ4n) is 5.20. The molecule has 0 radical (unpaired) electrons. The molecule has 5 rings (SSSR count). The van der Waals surface area contributed by atoms with Crippen molar-refractivity contribution in [2.45, 2.75) is 63.2 Å². The van der Waals surface area contributed by atoms with Crippen molar-refractivity contribution in [1.29, 1.82) is 0 Å². The average Bonchev–Trinajstić information content (AvgIpc) is 3.31. The van der Waals surface area contributed by atoms with Gasteiger partial charge in [-0.3, -0.25) is 0 Å². The lowest BCUT2D eigenvalue weighted by atomic mass is 9.90. The predicted octanol–water partition coefficient (Wildman–Crippen LogP) is 2.60. The first-order chi connectivity index (χ1) is 17.7. The van der Waals surface area contributed by atoms with Crippen molar-refractivity contribution in [1.82, 2.24) is 30.0 Å². The van der Waals surface area contributed by atoms with Crippen LogP contribution >= 0.6 is 11.6 Å². The van der Waals surface area contributed by atoms with Crippen molar-refractivity contribution in [3.8, 4) is 11.3 Å². The molecule has 1 aromatic carbocycles. The maximum atomic E-state index is 14.5. The first-order valence-electron chi connectivity index (χ1n) is 12.2. The van der Waals surface area contributed by atoms with Gasteiger partial charge >= 0.3 is 0 Å². The molecule has 2 fully saturated rings. The van der Waals surface area contributed by atoms with E-state index in [1.54, 1.807) is 0 Å². The molecule has 2 N–H and O–H groups in total. The van der Waals surface area contributed by atoms with Crippen LogP contribution in [-0.2, 0) is 15.9 Å². The third kappa shape index (κ3) is 4.88. The molecule has 2 aliphatic rings. The van der Waals surface area contributed by atoms with E-state index in [4.69, 9.17) is 21.1 Å². The summed E-state index contributed by atoms with van der Waals surface area (Å²) in [4.78, 5) is 0. The van der Waals surface area contributed by atoms with Crippen LogP contribution in [0.25, 0.3) is 11.3 Å². The van der Waals surface area contributed by atoms with Crippen LogP contribution in [0.5, 0.6) is 0 Å². The highest BCUT2D eigenvalue weighted by Gasteiger charge is 2.47. The number of methoxy groups -OCH3 is 1. The molecule has 7 atom stereocenters. The van der Waals surface area contributed by atoms with Gasteiger partial charge in [0.25, 0.3) is 0 Å². The third-order valence-corrected chi connectivity index (χ3v) is 7.62. The van der Waals surface area contributed by atoms with Gasteiger partial charge in [0.2, 0.25) is 0 Å². The first-order valence-corrected chi connectivity index (χ1v) is 12.5. The van der Waals surface area contributed by atoms with Gasteiger partial charge in [0.15, 0.2) is 11.6 Å². The van der Waals surface area contributed by atoms with Crippen LogP contribution in [0.15, 0.2) is 24.5 Å². The number of rotatable bonds is 8. The minimum atomic E-state index is -1.22. The SMILES string of the molecule is CO[C@@H]1[C@@H](n2cc(-c3ccc(Cl)c(F)c3F)nn2)[C@@H](O)[C@@H](CO)O[C@@H]1Cc1cn(C2CC2C(C)C)nn1. The molecular formula is C24H29ClF2N6O4. The number of aliphatic hydroxyl groups excluding tert-OH is 2. The van der Waals surface area contributed by atoms with E-state index >= 15 is 0 Å². The van der Waals surface area contributed by atoms with E-state index in [2.05, 4.69) is 34.5 Å². The number of nitrogens with zero attached hydrogens (tertiary/aromatic N) is 6. The van der Waals surface area contributed by atoms with E-state index in [0.717, 1.165) is 6.42 Å². The summed E-state index contributed by atoms with van der Waals surface area (Å²) < 4.78 is 43.4. The highest BCUT2D eigenvalue weighted by molar-refractivity contribution is 6.30. The smallest absolute Gasteiger partial charge is 0.178 e. The number of aliphatic hydroxyl groups is 2. The van der Waals surface area contributed by atoms with Gasteiger partial charge in [-0.1, -0.05) is 35.9 Å². The zero-order valence-corrected chi connectivity index (χ0v) is 21.3. The summed E-state index contributed by atoms with van der Waals surface area (Å²) in [5, 5.41) is 37.2. The normalized spacial score (nSPS) is 29.7. The summed E-state index contributed by atoms with van der Waals surface area (Å²) in [5.41, 5.74) is 0.604. The maximum Gasteiger partial charge on any atom is 0.178 e. The average molecular weight is 539 g/mol. The van der Waals surface area contributed by atoms with Crippen molar-refractivity contribution >= 4 is 11.6 Å². The Bertz CT molecular complexity index is 1260. The Morgan fingerprint density at radius 3 is 2.57 bits per heavy atom. The molecule has 1 saturated carbocycles. The summed E-state index contributed by atoms with van der Waals surface area (Å²) in [7, 11) is 1.47. The number of hydrogen-bond donors (Lipinski definition) is 2. The van der Waals surface area contributed by atoms with Crippen molar-refractivity contribution in [3.05, 3.63) is 46.9 Å². The van der Waals surface area contributed by atoms with E-state index in [-0.39, 0.29) is 16.3 Å². The summed E-state index contributed by atoms with van der Waals surface area (Å²) >= 11 is 5.66. The van der Waals surface area contributed by atoms with E-state index < -0.39 is 48.7 Å². The monoisotopic (exact) mass is 538 g/mol. The van der Waals surface area contributed by atoms with Crippen LogP contribution in [0.4, 0.5) is 8.78 Å². The molecule has 3 aromatic rings. The van der Waals surface area contributed by atoms with Gasteiger partial charge in [-0.2, -0.15) is 0 Å². The van der Waals surface area contributed by atoms with Gasteiger partial charge in [0.1, 0.15) is 30.0 Å². The molecule has 200 valence electrons. The number of halogens is 3. The third-order valence-electron chi connectivity index (χ3n) is 7.33. The summed E-state index contributed by atoms with van der Waals surface area (Å²) in [6, 6.07) is 2.02. The molecule has 1 aliphatic heterocycles. The van der Waals surface area contributed by atoms with Crippen LogP contribution in [0.1, 0.15) is 38.0 Å². The molecule has 0 spiro atoms. The van der Waals surface area contributed by atoms with Crippen molar-refractivity contribution < 1.29 is 28.5 Å². The molecule has 2 unspecified atom stereocenters. The minimum absolute atomic E-state index is 0.0470. The molecule has 13 heteroatoms. The topological polar surface area (TPSA) is 120 Å². The number of ether oxygens (including phenoxy) is 2. The maximum absolute atomic E-state index is 14.5. The largest absolute Gasteiger partial charge is 0.394 e. The van der Waals surface area contributed by atoms with Crippen molar-refractivity contribution in [2.75, 3.05) is 13.7 Å². The molecule has 37 heavy (non-hydrogen) atoms. The van der Waals surface area contributed by atoms with Gasteiger partial charge in [-0.05, 0) is 30.4 Å². The first kappa shape index (κ1) is 26.1. The van der Waals surface area contributed by atoms with Crippen LogP contribution in [0.3, 0.4) is 0 Å². The highest BCUT2D eigenvalue weighted by Crippen LogP contribution is 2.47. The van der Waals surface area contributed by atoms with Crippen LogP contribution < -0.4 is 0 Å². The summed E-state index contributed by atoms with van der Waals surface area (Å²) in [5.74, 6) is -1.20. The second kappa shape index (κ2) is 10.3. The second-order valence-electron chi connectivity index (χ2n) is 9.99. The van der Waals surface area contributed by atoms with Crippen molar-refractivity contribution in [3.63, 3.8) is 0 Å². The second-order valence-corrected chi connectivity index (χ2v) is 10.4. The van der Waals surface area contributed by atoms with Gasteiger partial charge in [0.05, 0.1) is 35.7 Å². The Hall–Kier alpha value is -2.51. The molecular weight excluding hydrogens is 510 g/mol. The Kier molecular flexibility index (Phi) is 7.29. The molecule has 1 saturated heterocycles. The van der Waals surface area contributed by atoms with Crippen LogP contribution in [-0.4, -0.2) is 78.3 Å². The molecule has 0 bridgehead atoms. The van der Waals surface area contributed by atoms with Gasteiger partial charge in [0, 0.05) is 25.3 Å². The van der Waals surface area contributed by atoms with Crippen LogP contribution in [0, 0.1) is 23.5 Å². The molecule has 10 nitrogen and oxygen atoms in total. The van der Waals surface area contributed by atoms with Gasteiger partial charge < -0.3 is 19.7 Å². The summed E-state index contributed by atoms with van der Waals surface area (Å²) in [6.07, 6.45) is 1.15. The lowest BCUT2D eigenvalue weighted by Crippen LogP contribution is -2.57. The summed E-state index contributed by atoms with van der Waals surface area (Å²) in [6.45, 7) is 3.93. The van der Waals surface area contributed by atoms with E-state index in [1.807, 2.05) is 10.9 Å². The Morgan fingerprint density at radius 2 is 1.89 bits per heavy atom. The van der Waals surface area contributed by atoms with E-state index in [9.17, 15) is 19.0 Å². The fraction of sp³-hybridized carbons (Fsp3) is 0.583. The molecule has 3 heterocycles. The predicted molar refractivity (Wildman–Crippen MR) is 128 cm³/mol. The molecule has 0 amide bonds. The Balaban J connectivity index is 1.40. The lowest BCUT2D eigenvalue weighted by Gasteiger charge is -2.43. The van der Waals surface area contributed by atoms with Crippen molar-refractivity contribution in [2.24, 2.45) is 11.8 Å². The number of benzene rings is 1. The zero-order chi connectivity index (χ0) is 26.4. The van der Waals surface area contributed by atoms with Gasteiger partial charge in [-0.25, -0.2) is 18.1 Å². The van der Waals surface area contributed by atoms with Gasteiger partial charge in [-0.15, -0.1) is 10.2 Å². The van der Waals surface area contributed by atoms with E-state index in [0.29, 0.717) is 30.0 Å². The Labute approximate surface area is 217 Å². The lowest BCUT2D eigenvalue weighted by molar-refractivity contribution is -0.212. The zero-order valence-electron chi connectivity index (χ0n) is 20.6. The minimum Gasteiger partial charge on any atom is -0.394 e.